The summed E-state index contributed by atoms with van der Waals surface area (Å²) in [6, 6.07) is 8.85. The molecule has 0 bridgehead atoms. The minimum Gasteiger partial charge on any atom is -0.445 e. The molecule has 0 aliphatic carbocycles. The average molecular weight is 384 g/mol. The Morgan fingerprint density at radius 1 is 1.30 bits per heavy atom. The molecule has 3 rings (SSSR count). The van der Waals surface area contributed by atoms with Crippen molar-refractivity contribution in [3.8, 4) is 23.1 Å². The Labute approximate surface area is 161 Å². The molecular weight excluding hydrogens is 366 g/mol. The molecule has 0 radical (unpaired) electrons. The third-order valence-corrected chi connectivity index (χ3v) is 3.89. The number of halogens is 1. The topological polar surface area (TPSA) is 77.2 Å². The van der Waals surface area contributed by atoms with E-state index in [0.29, 0.717) is 22.5 Å². The van der Waals surface area contributed by atoms with Gasteiger partial charge < -0.3 is 14.5 Å². The summed E-state index contributed by atoms with van der Waals surface area (Å²) in [5.74, 6) is 1.33. The second-order valence-electron chi connectivity index (χ2n) is 5.86. The molecule has 6 nitrogen and oxygen atoms in total. The number of rotatable bonds is 6. The molecule has 3 aromatic rings. The van der Waals surface area contributed by atoms with Gasteiger partial charge in [0.1, 0.15) is 12.0 Å². The SMILES string of the molecule is CC(=O)N[C@@H](C)/C=C/c1ccc(Oc2ccc(-c3ncco3)cc2Cl)nc1. The molecule has 0 fully saturated rings. The Hall–Kier alpha value is -3.12. The number of amides is 1. The van der Waals surface area contributed by atoms with E-state index in [2.05, 4.69) is 15.3 Å². The quantitative estimate of drug-likeness (QED) is 0.666. The van der Waals surface area contributed by atoms with Crippen molar-refractivity contribution in [1.29, 1.82) is 0 Å². The number of aromatic nitrogens is 2. The van der Waals surface area contributed by atoms with Crippen molar-refractivity contribution in [3.05, 3.63) is 65.7 Å². The number of nitrogens with zero attached hydrogens (tertiary/aromatic N) is 2. The largest absolute Gasteiger partial charge is 0.445 e. The van der Waals surface area contributed by atoms with Crippen molar-refractivity contribution in [1.82, 2.24) is 15.3 Å². The van der Waals surface area contributed by atoms with Crippen LogP contribution >= 0.6 is 11.6 Å². The van der Waals surface area contributed by atoms with Gasteiger partial charge in [-0.3, -0.25) is 4.79 Å². The van der Waals surface area contributed by atoms with E-state index in [4.69, 9.17) is 20.8 Å². The summed E-state index contributed by atoms with van der Waals surface area (Å²) in [5, 5.41) is 3.21. The third-order valence-electron chi connectivity index (χ3n) is 3.59. The highest BCUT2D eigenvalue weighted by Gasteiger charge is 2.09. The lowest BCUT2D eigenvalue weighted by Crippen LogP contribution is -2.28. The Kier molecular flexibility index (Phi) is 5.88. The third kappa shape index (κ3) is 5.18. The average Bonchev–Trinajstić information content (AvgIpc) is 3.17. The maximum absolute atomic E-state index is 11.0. The first-order valence-electron chi connectivity index (χ1n) is 8.30. The Bertz CT molecular complexity index is 938. The summed E-state index contributed by atoms with van der Waals surface area (Å²) >= 11 is 6.29. The summed E-state index contributed by atoms with van der Waals surface area (Å²) < 4.78 is 11.0. The summed E-state index contributed by atoms with van der Waals surface area (Å²) in [6.45, 7) is 3.38. The highest BCUT2D eigenvalue weighted by atomic mass is 35.5. The molecule has 0 aliphatic heterocycles. The van der Waals surface area contributed by atoms with Gasteiger partial charge in [0.2, 0.25) is 17.7 Å². The van der Waals surface area contributed by atoms with Gasteiger partial charge in [0.15, 0.2) is 0 Å². The van der Waals surface area contributed by atoms with E-state index in [1.807, 2.05) is 31.2 Å². The van der Waals surface area contributed by atoms with Gasteiger partial charge >= 0.3 is 0 Å². The van der Waals surface area contributed by atoms with E-state index in [9.17, 15) is 4.79 Å². The molecule has 1 amide bonds. The summed E-state index contributed by atoms with van der Waals surface area (Å²) in [7, 11) is 0. The van der Waals surface area contributed by atoms with E-state index in [0.717, 1.165) is 11.1 Å². The van der Waals surface area contributed by atoms with Crippen LogP contribution in [0.15, 0.2) is 59.5 Å². The summed E-state index contributed by atoms with van der Waals surface area (Å²) in [4.78, 5) is 19.4. The van der Waals surface area contributed by atoms with Crippen LogP contribution in [0, 0.1) is 0 Å². The van der Waals surface area contributed by atoms with Gasteiger partial charge in [-0.25, -0.2) is 9.97 Å². The number of nitrogens with one attached hydrogen (secondary N) is 1. The van der Waals surface area contributed by atoms with Crippen LogP contribution in [0.1, 0.15) is 19.4 Å². The summed E-state index contributed by atoms with van der Waals surface area (Å²) in [5.41, 5.74) is 1.66. The first-order valence-corrected chi connectivity index (χ1v) is 8.67. The van der Waals surface area contributed by atoms with Gasteiger partial charge in [0, 0.05) is 30.8 Å². The number of hydrogen-bond donors (Lipinski definition) is 1. The number of carbonyl (C=O) groups is 1. The maximum atomic E-state index is 11.0. The molecule has 0 spiro atoms. The zero-order valence-corrected chi connectivity index (χ0v) is 15.6. The van der Waals surface area contributed by atoms with E-state index in [-0.39, 0.29) is 11.9 Å². The Morgan fingerprint density at radius 3 is 2.78 bits per heavy atom. The van der Waals surface area contributed by atoms with Crippen molar-refractivity contribution in [2.24, 2.45) is 0 Å². The highest BCUT2D eigenvalue weighted by Crippen LogP contribution is 2.32. The van der Waals surface area contributed by atoms with Crippen LogP contribution in [0.25, 0.3) is 17.5 Å². The lowest BCUT2D eigenvalue weighted by molar-refractivity contribution is -0.119. The van der Waals surface area contributed by atoms with Crippen molar-refractivity contribution in [2.45, 2.75) is 19.9 Å². The van der Waals surface area contributed by atoms with Gasteiger partial charge in [-0.2, -0.15) is 0 Å². The molecule has 7 heteroatoms. The fourth-order valence-corrected chi connectivity index (χ4v) is 2.59. The first kappa shape index (κ1) is 18.7. The normalized spacial score (nSPS) is 12.1. The second-order valence-corrected chi connectivity index (χ2v) is 6.27. The van der Waals surface area contributed by atoms with Crippen LogP contribution in [0.5, 0.6) is 11.6 Å². The van der Waals surface area contributed by atoms with Crippen molar-refractivity contribution >= 4 is 23.6 Å². The minimum atomic E-state index is -0.0697. The molecule has 138 valence electrons. The van der Waals surface area contributed by atoms with E-state index in [1.54, 1.807) is 30.6 Å². The van der Waals surface area contributed by atoms with Crippen LogP contribution in [-0.2, 0) is 4.79 Å². The molecule has 1 N–H and O–H groups in total. The van der Waals surface area contributed by atoms with Crippen LogP contribution in [0.2, 0.25) is 5.02 Å². The van der Waals surface area contributed by atoms with Crippen LogP contribution < -0.4 is 10.1 Å². The molecule has 1 atom stereocenters. The van der Waals surface area contributed by atoms with Crippen molar-refractivity contribution in [3.63, 3.8) is 0 Å². The number of hydrogen-bond acceptors (Lipinski definition) is 5. The number of carbonyl (C=O) groups excluding carboxylic acids is 1. The lowest BCUT2D eigenvalue weighted by Gasteiger charge is -2.08. The van der Waals surface area contributed by atoms with Gasteiger partial charge in [-0.15, -0.1) is 0 Å². The first-order chi connectivity index (χ1) is 13.0. The molecule has 0 saturated heterocycles. The van der Waals surface area contributed by atoms with Gasteiger partial charge in [-0.05, 0) is 36.8 Å². The van der Waals surface area contributed by atoms with Crippen LogP contribution in [-0.4, -0.2) is 21.9 Å². The number of ether oxygens (including phenoxy) is 1. The zero-order valence-electron chi connectivity index (χ0n) is 14.8. The second kappa shape index (κ2) is 8.51. The molecule has 0 saturated carbocycles. The molecular formula is C20H18ClN3O3. The predicted molar refractivity (Wildman–Crippen MR) is 104 cm³/mol. The van der Waals surface area contributed by atoms with E-state index in [1.165, 1.54) is 13.2 Å². The predicted octanol–water partition coefficient (Wildman–Crippen LogP) is 4.72. The fraction of sp³-hybridized carbons (Fsp3) is 0.150. The standard InChI is InChI=1S/C20H18ClN3O3/c1-13(24-14(2)25)3-4-15-5-8-19(23-12-15)27-18-7-6-16(11-17(18)21)20-22-9-10-26-20/h3-13H,1-2H3,(H,24,25)/b4-3+/t13-/m0/s1. The molecule has 2 aromatic heterocycles. The number of pyridine rings is 1. The number of benzene rings is 1. The van der Waals surface area contributed by atoms with Gasteiger partial charge in [0.25, 0.3) is 0 Å². The van der Waals surface area contributed by atoms with Crippen LogP contribution in [0.3, 0.4) is 0 Å². The molecule has 0 aliphatic rings. The van der Waals surface area contributed by atoms with Gasteiger partial charge in [0.05, 0.1) is 11.2 Å². The summed E-state index contributed by atoms with van der Waals surface area (Å²) in [6.07, 6.45) is 8.53. The smallest absolute Gasteiger partial charge is 0.225 e. The van der Waals surface area contributed by atoms with E-state index >= 15 is 0 Å². The molecule has 1 aromatic carbocycles. The minimum absolute atomic E-state index is 0.0561. The molecule has 2 heterocycles. The zero-order chi connectivity index (χ0) is 19.2. The van der Waals surface area contributed by atoms with Crippen molar-refractivity contribution in [2.75, 3.05) is 0 Å². The van der Waals surface area contributed by atoms with E-state index < -0.39 is 0 Å². The Balaban J connectivity index is 1.66. The maximum Gasteiger partial charge on any atom is 0.225 e. The lowest BCUT2D eigenvalue weighted by atomic mass is 10.2. The fourth-order valence-electron chi connectivity index (χ4n) is 2.37. The monoisotopic (exact) mass is 383 g/mol. The van der Waals surface area contributed by atoms with Crippen LogP contribution in [0.4, 0.5) is 0 Å². The Morgan fingerprint density at radius 2 is 2.15 bits per heavy atom. The van der Waals surface area contributed by atoms with Crippen molar-refractivity contribution < 1.29 is 13.9 Å². The molecule has 0 unspecified atom stereocenters. The highest BCUT2D eigenvalue weighted by molar-refractivity contribution is 6.32. The number of oxazole rings is 1. The molecule has 27 heavy (non-hydrogen) atoms. The van der Waals surface area contributed by atoms with Gasteiger partial charge in [-0.1, -0.05) is 23.8 Å².